The Bertz CT molecular complexity index is 1390. The lowest BCUT2D eigenvalue weighted by Gasteiger charge is -2.13. The molecule has 4 N–H and O–H groups in total. The fourth-order valence-electron chi connectivity index (χ4n) is 3.29. The van der Waals surface area contributed by atoms with Gasteiger partial charge in [0, 0.05) is 34.8 Å². The molecule has 0 unspecified atom stereocenters. The molecular weight excluding hydrogens is 418 g/mol. The molecule has 33 heavy (non-hydrogen) atoms. The molecule has 0 saturated carbocycles. The first-order valence-electron chi connectivity index (χ1n) is 10.2. The molecule has 0 spiro atoms. The first-order chi connectivity index (χ1) is 16.2. The van der Waals surface area contributed by atoms with E-state index in [0.717, 1.165) is 16.5 Å². The van der Waals surface area contributed by atoms with Gasteiger partial charge in [-0.05, 0) is 24.3 Å². The van der Waals surface area contributed by atoms with Crippen LogP contribution >= 0.6 is 0 Å². The van der Waals surface area contributed by atoms with Crippen LogP contribution in [0.3, 0.4) is 0 Å². The molecule has 0 aliphatic rings. The van der Waals surface area contributed by atoms with E-state index in [1.54, 1.807) is 36.7 Å². The highest BCUT2D eigenvalue weighted by Gasteiger charge is 2.12. The highest BCUT2D eigenvalue weighted by molar-refractivity contribution is 6.07. The molecule has 162 valence electrons. The van der Waals surface area contributed by atoms with Gasteiger partial charge in [-0.15, -0.1) is 0 Å². The van der Waals surface area contributed by atoms with Crippen molar-refractivity contribution in [1.82, 2.24) is 20.2 Å². The van der Waals surface area contributed by atoms with E-state index in [0.29, 0.717) is 29.1 Å². The Morgan fingerprint density at radius 1 is 0.818 bits per heavy atom. The summed E-state index contributed by atoms with van der Waals surface area (Å²) >= 11 is 0. The van der Waals surface area contributed by atoms with Gasteiger partial charge in [-0.1, -0.05) is 42.5 Å². The Kier molecular flexibility index (Phi) is 5.50. The van der Waals surface area contributed by atoms with E-state index in [1.165, 1.54) is 0 Å². The highest BCUT2D eigenvalue weighted by Crippen LogP contribution is 2.34. The summed E-state index contributed by atoms with van der Waals surface area (Å²) in [6.07, 6.45) is 3.19. The molecule has 9 nitrogen and oxygen atoms in total. The number of aromatic nitrogens is 4. The maximum Gasteiger partial charge on any atom is 0.324 e. The Morgan fingerprint density at radius 2 is 1.64 bits per heavy atom. The third-order valence-electron chi connectivity index (χ3n) is 4.76. The van der Waals surface area contributed by atoms with Crippen molar-refractivity contribution in [2.24, 2.45) is 0 Å². The Morgan fingerprint density at radius 3 is 2.45 bits per heavy atom. The summed E-state index contributed by atoms with van der Waals surface area (Å²) in [6, 6.07) is 23.9. The van der Waals surface area contributed by atoms with Gasteiger partial charge in [0.1, 0.15) is 11.6 Å². The fourth-order valence-corrected chi connectivity index (χ4v) is 3.29. The number of carbonyl (C=O) groups is 1. The van der Waals surface area contributed by atoms with E-state index in [-0.39, 0.29) is 6.03 Å². The molecule has 5 rings (SSSR count). The third kappa shape index (κ3) is 4.72. The van der Waals surface area contributed by atoms with Crippen LogP contribution in [0.5, 0.6) is 11.6 Å². The maximum atomic E-state index is 12.4. The SMILES string of the molecule is O=C(Nc1ccn[nH]1)Nc1ccc(Oc2ccnc(Nc3ccccc3)n2)c2ccccc12. The van der Waals surface area contributed by atoms with Gasteiger partial charge in [-0.25, -0.2) is 9.78 Å². The second-order valence-electron chi connectivity index (χ2n) is 7.02. The lowest BCUT2D eigenvalue weighted by Crippen LogP contribution is -2.19. The van der Waals surface area contributed by atoms with Crippen LogP contribution in [-0.4, -0.2) is 26.2 Å². The molecule has 0 aliphatic heterocycles. The Labute approximate surface area is 188 Å². The zero-order valence-corrected chi connectivity index (χ0v) is 17.3. The van der Waals surface area contributed by atoms with E-state index in [2.05, 4.69) is 36.1 Å². The number of hydrogen-bond donors (Lipinski definition) is 4. The summed E-state index contributed by atoms with van der Waals surface area (Å²) < 4.78 is 6.08. The van der Waals surface area contributed by atoms with Crippen LogP contribution in [0.1, 0.15) is 0 Å². The Balaban J connectivity index is 1.38. The molecule has 5 aromatic rings. The van der Waals surface area contributed by atoms with Gasteiger partial charge in [0.2, 0.25) is 11.8 Å². The lowest BCUT2D eigenvalue weighted by atomic mass is 10.1. The molecule has 2 aromatic heterocycles. The number of nitrogens with zero attached hydrogens (tertiary/aromatic N) is 3. The molecular formula is C24H19N7O2. The fraction of sp³-hybridized carbons (Fsp3) is 0. The van der Waals surface area contributed by atoms with E-state index in [9.17, 15) is 4.79 Å². The Hall–Kier alpha value is -4.92. The number of urea groups is 1. The number of aromatic amines is 1. The van der Waals surface area contributed by atoms with Crippen molar-refractivity contribution in [1.29, 1.82) is 0 Å². The van der Waals surface area contributed by atoms with Crippen molar-refractivity contribution in [2.75, 3.05) is 16.0 Å². The lowest BCUT2D eigenvalue weighted by molar-refractivity contribution is 0.262. The van der Waals surface area contributed by atoms with E-state index >= 15 is 0 Å². The first-order valence-corrected chi connectivity index (χ1v) is 10.2. The predicted octanol–water partition coefficient (Wildman–Crippen LogP) is 5.53. The van der Waals surface area contributed by atoms with Crippen molar-refractivity contribution in [3.8, 4) is 11.6 Å². The summed E-state index contributed by atoms with van der Waals surface area (Å²) in [5, 5.41) is 16.9. The number of anilines is 4. The molecule has 0 saturated heterocycles. The van der Waals surface area contributed by atoms with E-state index in [4.69, 9.17) is 4.74 Å². The van der Waals surface area contributed by atoms with Gasteiger partial charge in [0.15, 0.2) is 0 Å². The quantitative estimate of drug-likeness (QED) is 0.277. The number of H-pyrrole nitrogens is 1. The number of para-hydroxylation sites is 1. The van der Waals surface area contributed by atoms with Gasteiger partial charge in [0.05, 0.1) is 11.9 Å². The second-order valence-corrected chi connectivity index (χ2v) is 7.02. The van der Waals surface area contributed by atoms with Crippen LogP contribution in [0.15, 0.2) is 91.3 Å². The van der Waals surface area contributed by atoms with Gasteiger partial charge >= 0.3 is 6.03 Å². The molecule has 0 bridgehead atoms. The van der Waals surface area contributed by atoms with Crippen molar-refractivity contribution < 1.29 is 9.53 Å². The minimum Gasteiger partial charge on any atom is -0.438 e. The number of ether oxygens (including phenoxy) is 1. The largest absolute Gasteiger partial charge is 0.438 e. The van der Waals surface area contributed by atoms with Crippen LogP contribution in [-0.2, 0) is 0 Å². The van der Waals surface area contributed by atoms with Gasteiger partial charge in [-0.2, -0.15) is 10.1 Å². The second kappa shape index (κ2) is 9.06. The zero-order valence-electron chi connectivity index (χ0n) is 17.3. The van der Waals surface area contributed by atoms with Gasteiger partial charge in [0.25, 0.3) is 0 Å². The zero-order chi connectivity index (χ0) is 22.5. The van der Waals surface area contributed by atoms with Crippen LogP contribution in [0.4, 0.5) is 27.9 Å². The smallest absolute Gasteiger partial charge is 0.324 e. The van der Waals surface area contributed by atoms with Crippen LogP contribution < -0.4 is 20.7 Å². The molecule has 0 aliphatic carbocycles. The molecule has 3 aromatic carbocycles. The number of fused-ring (bicyclic) bond motifs is 1. The summed E-state index contributed by atoms with van der Waals surface area (Å²) in [6.45, 7) is 0. The molecule has 0 radical (unpaired) electrons. The van der Waals surface area contributed by atoms with E-state index < -0.39 is 0 Å². The molecule has 2 amide bonds. The predicted molar refractivity (Wildman–Crippen MR) is 127 cm³/mol. The highest BCUT2D eigenvalue weighted by atomic mass is 16.5. The van der Waals surface area contributed by atoms with Gasteiger partial charge in [-0.3, -0.25) is 10.4 Å². The molecule has 0 fully saturated rings. The minimum absolute atomic E-state index is 0.384. The first kappa shape index (κ1) is 20.0. The summed E-state index contributed by atoms with van der Waals surface area (Å²) in [5.41, 5.74) is 1.52. The maximum absolute atomic E-state index is 12.4. The van der Waals surface area contributed by atoms with E-state index in [1.807, 2.05) is 54.6 Å². The van der Waals surface area contributed by atoms with Crippen LogP contribution in [0.25, 0.3) is 10.8 Å². The topological polar surface area (TPSA) is 117 Å². The third-order valence-corrected chi connectivity index (χ3v) is 4.76. The van der Waals surface area contributed by atoms with Crippen molar-refractivity contribution in [3.63, 3.8) is 0 Å². The summed E-state index contributed by atoms with van der Waals surface area (Å²) in [4.78, 5) is 21.1. The minimum atomic E-state index is -0.384. The average Bonchev–Trinajstić information content (AvgIpc) is 3.34. The number of amides is 2. The van der Waals surface area contributed by atoms with Crippen LogP contribution in [0, 0.1) is 0 Å². The van der Waals surface area contributed by atoms with Crippen molar-refractivity contribution in [3.05, 3.63) is 91.3 Å². The average molecular weight is 437 g/mol. The number of rotatable bonds is 6. The number of carbonyl (C=O) groups excluding carboxylic acids is 1. The van der Waals surface area contributed by atoms with Gasteiger partial charge < -0.3 is 15.4 Å². The molecule has 9 heteroatoms. The van der Waals surface area contributed by atoms with Crippen LogP contribution in [0.2, 0.25) is 0 Å². The molecule has 2 heterocycles. The number of nitrogens with one attached hydrogen (secondary N) is 4. The molecule has 0 atom stereocenters. The monoisotopic (exact) mass is 437 g/mol. The van der Waals surface area contributed by atoms with Crippen molar-refractivity contribution >= 4 is 39.9 Å². The summed E-state index contributed by atoms with van der Waals surface area (Å²) in [7, 11) is 0. The summed E-state index contributed by atoms with van der Waals surface area (Å²) in [5.74, 6) is 1.93. The number of hydrogen-bond acceptors (Lipinski definition) is 6. The normalized spacial score (nSPS) is 10.5. The number of benzene rings is 3. The standard InChI is InChI=1S/C24H19N7O2/c32-24(29-21-12-15-26-31-21)28-19-10-11-20(18-9-5-4-8-17(18)19)33-22-13-14-25-23(30-22)27-16-6-2-1-3-7-16/h1-15H,(H,25,27,30)(H3,26,28,29,31,32). The van der Waals surface area contributed by atoms with Crippen molar-refractivity contribution in [2.45, 2.75) is 0 Å².